The molecule has 1 atom stereocenters. The van der Waals surface area contributed by atoms with E-state index < -0.39 is 10.0 Å². The topological polar surface area (TPSA) is 76.0 Å². The number of hydrogen-bond donors (Lipinski definition) is 2. The van der Waals surface area contributed by atoms with E-state index in [1.807, 2.05) is 0 Å². The Morgan fingerprint density at radius 1 is 1.65 bits per heavy atom. The van der Waals surface area contributed by atoms with E-state index in [1.54, 1.807) is 11.6 Å². The number of rotatable bonds is 5. The van der Waals surface area contributed by atoms with Crippen LogP contribution in [0.5, 0.6) is 0 Å². The Morgan fingerprint density at radius 3 is 3.06 bits per heavy atom. The summed E-state index contributed by atoms with van der Waals surface area (Å²) in [5, 5.41) is 3.41. The first-order valence-electron chi connectivity index (χ1n) is 5.79. The van der Waals surface area contributed by atoms with E-state index in [-0.39, 0.29) is 5.03 Å². The third-order valence-corrected chi connectivity index (χ3v) is 4.25. The third kappa shape index (κ3) is 3.27. The molecule has 0 aliphatic carbocycles. The molecule has 1 aromatic heterocycles. The Morgan fingerprint density at radius 2 is 2.47 bits per heavy atom. The van der Waals surface area contributed by atoms with Gasteiger partial charge in [0, 0.05) is 25.8 Å². The highest BCUT2D eigenvalue weighted by Crippen LogP contribution is 2.09. The first-order valence-corrected chi connectivity index (χ1v) is 7.27. The van der Waals surface area contributed by atoms with Gasteiger partial charge in [-0.1, -0.05) is 0 Å². The summed E-state index contributed by atoms with van der Waals surface area (Å²) in [6.07, 6.45) is 6.11. The van der Waals surface area contributed by atoms with Gasteiger partial charge < -0.3 is 9.88 Å². The molecule has 96 valence electrons. The molecule has 0 amide bonds. The van der Waals surface area contributed by atoms with Crippen molar-refractivity contribution >= 4 is 10.0 Å². The van der Waals surface area contributed by atoms with Crippen LogP contribution in [-0.4, -0.2) is 37.1 Å². The predicted molar refractivity (Wildman–Crippen MR) is 64.0 cm³/mol. The zero-order valence-corrected chi connectivity index (χ0v) is 10.7. The number of sulfonamides is 1. The maximum Gasteiger partial charge on any atom is 0.259 e. The minimum atomic E-state index is -3.44. The van der Waals surface area contributed by atoms with Gasteiger partial charge in [-0.2, -0.15) is 0 Å². The molecule has 2 heterocycles. The highest BCUT2D eigenvalue weighted by atomic mass is 32.2. The molecule has 0 bridgehead atoms. The van der Waals surface area contributed by atoms with E-state index in [0.29, 0.717) is 12.6 Å². The smallest absolute Gasteiger partial charge is 0.259 e. The molecule has 6 nitrogen and oxygen atoms in total. The van der Waals surface area contributed by atoms with E-state index in [2.05, 4.69) is 15.0 Å². The Balaban J connectivity index is 1.85. The molecule has 2 N–H and O–H groups in total. The molecule has 1 fully saturated rings. The van der Waals surface area contributed by atoms with Crippen molar-refractivity contribution in [3.63, 3.8) is 0 Å². The van der Waals surface area contributed by atoms with E-state index >= 15 is 0 Å². The molecule has 7 heteroatoms. The summed E-state index contributed by atoms with van der Waals surface area (Å²) in [7, 11) is -1.70. The highest BCUT2D eigenvalue weighted by Gasteiger charge is 2.18. The Kier molecular flexibility index (Phi) is 3.80. The fourth-order valence-electron chi connectivity index (χ4n) is 1.97. The largest absolute Gasteiger partial charge is 0.339 e. The van der Waals surface area contributed by atoms with Gasteiger partial charge in [-0.3, -0.25) is 0 Å². The SMILES string of the molecule is Cn1cnc(S(=O)(=O)NCC[C@H]2CCCN2)c1. The van der Waals surface area contributed by atoms with Crippen LogP contribution in [0.1, 0.15) is 19.3 Å². The van der Waals surface area contributed by atoms with Gasteiger partial charge in [0.05, 0.1) is 6.33 Å². The average molecular weight is 258 g/mol. The van der Waals surface area contributed by atoms with Crippen LogP contribution in [0.25, 0.3) is 0 Å². The summed E-state index contributed by atoms with van der Waals surface area (Å²) in [4.78, 5) is 3.83. The van der Waals surface area contributed by atoms with Crippen LogP contribution in [0.15, 0.2) is 17.6 Å². The molecule has 0 saturated carbocycles. The van der Waals surface area contributed by atoms with Crippen LogP contribution in [-0.2, 0) is 17.1 Å². The lowest BCUT2D eigenvalue weighted by molar-refractivity contribution is 0.538. The Hall–Kier alpha value is -0.920. The standard InChI is InChI=1S/C10H18N4O2S/c1-14-7-10(12-8-14)17(15,16)13-6-4-9-3-2-5-11-9/h7-9,11,13H,2-6H2,1H3/t9-/m1/s1. The van der Waals surface area contributed by atoms with Crippen LogP contribution in [0.3, 0.4) is 0 Å². The quantitative estimate of drug-likeness (QED) is 0.769. The summed E-state index contributed by atoms with van der Waals surface area (Å²) in [5.74, 6) is 0. The van der Waals surface area contributed by atoms with Crippen LogP contribution in [0, 0.1) is 0 Å². The number of aromatic nitrogens is 2. The molecule has 17 heavy (non-hydrogen) atoms. The van der Waals surface area contributed by atoms with Crippen molar-refractivity contribution in [2.45, 2.75) is 30.3 Å². The summed E-state index contributed by atoms with van der Waals surface area (Å²) in [6.45, 7) is 1.49. The van der Waals surface area contributed by atoms with E-state index in [1.165, 1.54) is 18.9 Å². The number of hydrogen-bond acceptors (Lipinski definition) is 4. The second-order valence-corrected chi connectivity index (χ2v) is 6.07. The normalized spacial score (nSPS) is 20.9. The maximum atomic E-state index is 11.8. The lowest BCUT2D eigenvalue weighted by atomic mass is 10.2. The van der Waals surface area contributed by atoms with Gasteiger partial charge in [0.1, 0.15) is 0 Å². The zero-order chi connectivity index (χ0) is 12.3. The monoisotopic (exact) mass is 258 g/mol. The van der Waals surface area contributed by atoms with Crippen LogP contribution in [0.2, 0.25) is 0 Å². The van der Waals surface area contributed by atoms with Gasteiger partial charge in [-0.25, -0.2) is 18.1 Å². The fourth-order valence-corrected chi connectivity index (χ4v) is 3.00. The molecular formula is C10H18N4O2S. The molecule has 0 spiro atoms. The van der Waals surface area contributed by atoms with Crippen molar-refractivity contribution in [3.8, 4) is 0 Å². The average Bonchev–Trinajstić information content (AvgIpc) is 2.89. The molecule has 0 radical (unpaired) electrons. The van der Waals surface area contributed by atoms with E-state index in [9.17, 15) is 8.42 Å². The number of nitrogens with zero attached hydrogens (tertiary/aromatic N) is 2. The van der Waals surface area contributed by atoms with Crippen molar-refractivity contribution in [2.24, 2.45) is 7.05 Å². The highest BCUT2D eigenvalue weighted by molar-refractivity contribution is 7.89. The van der Waals surface area contributed by atoms with Crippen molar-refractivity contribution in [1.82, 2.24) is 19.6 Å². The van der Waals surface area contributed by atoms with Gasteiger partial charge in [0.25, 0.3) is 10.0 Å². The lowest BCUT2D eigenvalue weighted by Crippen LogP contribution is -2.30. The second kappa shape index (κ2) is 5.16. The fraction of sp³-hybridized carbons (Fsp3) is 0.700. The second-order valence-electron chi connectivity index (χ2n) is 4.36. The number of aryl methyl sites for hydroxylation is 1. The van der Waals surface area contributed by atoms with Crippen molar-refractivity contribution in [3.05, 3.63) is 12.5 Å². The van der Waals surface area contributed by atoms with E-state index in [4.69, 9.17) is 0 Å². The van der Waals surface area contributed by atoms with Crippen LogP contribution >= 0.6 is 0 Å². The molecule has 0 aromatic carbocycles. The number of nitrogens with one attached hydrogen (secondary N) is 2. The Bertz CT molecular complexity index is 462. The molecule has 2 rings (SSSR count). The third-order valence-electron chi connectivity index (χ3n) is 2.90. The van der Waals surface area contributed by atoms with E-state index in [0.717, 1.165) is 19.4 Å². The Labute approximate surface area is 101 Å². The molecule has 0 unspecified atom stereocenters. The first-order chi connectivity index (χ1) is 8.08. The summed E-state index contributed by atoms with van der Waals surface area (Å²) >= 11 is 0. The summed E-state index contributed by atoms with van der Waals surface area (Å²) in [5.41, 5.74) is 0. The van der Waals surface area contributed by atoms with Gasteiger partial charge in [-0.15, -0.1) is 0 Å². The van der Waals surface area contributed by atoms with Crippen molar-refractivity contribution < 1.29 is 8.42 Å². The van der Waals surface area contributed by atoms with Crippen molar-refractivity contribution in [2.75, 3.05) is 13.1 Å². The van der Waals surface area contributed by atoms with Gasteiger partial charge in [-0.05, 0) is 25.8 Å². The predicted octanol–water partition coefficient (Wildman–Crippen LogP) is -0.159. The minimum absolute atomic E-state index is 0.0828. The van der Waals surface area contributed by atoms with Gasteiger partial charge in [0.2, 0.25) is 0 Å². The molecular weight excluding hydrogens is 240 g/mol. The maximum absolute atomic E-state index is 11.8. The lowest BCUT2D eigenvalue weighted by Gasteiger charge is -2.10. The number of imidazole rings is 1. The minimum Gasteiger partial charge on any atom is -0.339 e. The van der Waals surface area contributed by atoms with Crippen molar-refractivity contribution in [1.29, 1.82) is 0 Å². The molecule has 1 saturated heterocycles. The summed E-state index contributed by atoms with van der Waals surface area (Å²) in [6, 6.07) is 0.446. The first kappa shape index (κ1) is 12.5. The van der Waals surface area contributed by atoms with Crippen LogP contribution in [0.4, 0.5) is 0 Å². The van der Waals surface area contributed by atoms with Gasteiger partial charge in [0.15, 0.2) is 5.03 Å². The zero-order valence-electron chi connectivity index (χ0n) is 9.89. The molecule has 1 aromatic rings. The molecule has 1 aliphatic heterocycles. The molecule has 1 aliphatic rings. The van der Waals surface area contributed by atoms with Crippen LogP contribution < -0.4 is 10.0 Å². The summed E-state index contributed by atoms with van der Waals surface area (Å²) < 4.78 is 27.8. The van der Waals surface area contributed by atoms with Gasteiger partial charge >= 0.3 is 0 Å².